The third-order valence-electron chi connectivity index (χ3n) is 4.86. The SMILES string of the molecule is CC(C)(C)[Si](C)(C)OCC1OC(n2cc(I)c(N)nc2=O)CC1O. The van der Waals surface area contributed by atoms with Crippen molar-refractivity contribution in [3.05, 3.63) is 20.3 Å². The Hall–Kier alpha value is -0.493. The molecule has 3 atom stereocenters. The van der Waals surface area contributed by atoms with Crippen molar-refractivity contribution < 1.29 is 14.3 Å². The molecule has 136 valence electrons. The van der Waals surface area contributed by atoms with Crippen molar-refractivity contribution in [2.45, 2.75) is 63.8 Å². The minimum Gasteiger partial charge on any atom is -0.414 e. The van der Waals surface area contributed by atoms with E-state index in [1.54, 1.807) is 6.20 Å². The highest BCUT2D eigenvalue weighted by atomic mass is 127. The van der Waals surface area contributed by atoms with Gasteiger partial charge in [-0.05, 0) is 40.7 Å². The first-order valence-electron chi connectivity index (χ1n) is 7.94. The van der Waals surface area contributed by atoms with Crippen LogP contribution in [0.5, 0.6) is 0 Å². The van der Waals surface area contributed by atoms with Crippen LogP contribution in [0.15, 0.2) is 11.0 Å². The van der Waals surface area contributed by atoms with E-state index in [0.29, 0.717) is 16.6 Å². The van der Waals surface area contributed by atoms with Gasteiger partial charge in [-0.2, -0.15) is 4.98 Å². The summed E-state index contributed by atoms with van der Waals surface area (Å²) in [5.74, 6) is 0.202. The van der Waals surface area contributed by atoms with Gasteiger partial charge in [0.2, 0.25) is 0 Å². The Bertz CT molecular complexity index is 659. The molecule has 0 radical (unpaired) electrons. The fraction of sp³-hybridized carbons (Fsp3) is 0.733. The van der Waals surface area contributed by atoms with Gasteiger partial charge in [0.15, 0.2) is 8.32 Å². The number of rotatable bonds is 4. The molecule has 1 aromatic rings. The number of aliphatic hydroxyl groups is 1. The molecular weight excluding hydrogens is 441 g/mol. The van der Waals surface area contributed by atoms with Gasteiger partial charge in [0.1, 0.15) is 18.1 Å². The first kappa shape index (κ1) is 19.8. The van der Waals surface area contributed by atoms with Gasteiger partial charge in [0.25, 0.3) is 0 Å². The van der Waals surface area contributed by atoms with Crippen LogP contribution in [0.1, 0.15) is 33.4 Å². The zero-order valence-electron chi connectivity index (χ0n) is 14.7. The molecule has 1 aliphatic rings. The van der Waals surface area contributed by atoms with E-state index in [2.05, 4.69) is 38.8 Å². The summed E-state index contributed by atoms with van der Waals surface area (Å²) in [6, 6.07) is 0. The third kappa shape index (κ3) is 4.18. The summed E-state index contributed by atoms with van der Waals surface area (Å²) in [4.78, 5) is 15.8. The van der Waals surface area contributed by atoms with E-state index >= 15 is 0 Å². The van der Waals surface area contributed by atoms with E-state index in [1.807, 2.05) is 22.6 Å². The van der Waals surface area contributed by atoms with Gasteiger partial charge in [0, 0.05) is 12.6 Å². The monoisotopic (exact) mass is 467 g/mol. The summed E-state index contributed by atoms with van der Waals surface area (Å²) in [5.41, 5.74) is 5.17. The molecule has 24 heavy (non-hydrogen) atoms. The van der Waals surface area contributed by atoms with Crippen molar-refractivity contribution in [3.63, 3.8) is 0 Å². The van der Waals surface area contributed by atoms with E-state index < -0.39 is 32.4 Å². The molecule has 1 saturated heterocycles. The predicted octanol–water partition coefficient (Wildman–Crippen LogP) is 2.10. The van der Waals surface area contributed by atoms with Gasteiger partial charge in [-0.25, -0.2) is 4.79 Å². The molecule has 0 spiro atoms. The highest BCUT2D eigenvalue weighted by Gasteiger charge is 2.41. The summed E-state index contributed by atoms with van der Waals surface area (Å²) < 4.78 is 14.1. The molecule has 0 saturated carbocycles. The first-order valence-corrected chi connectivity index (χ1v) is 11.9. The molecule has 0 bridgehead atoms. The van der Waals surface area contributed by atoms with Crippen molar-refractivity contribution in [1.82, 2.24) is 9.55 Å². The van der Waals surface area contributed by atoms with Gasteiger partial charge in [-0.1, -0.05) is 20.8 Å². The van der Waals surface area contributed by atoms with Crippen LogP contribution >= 0.6 is 22.6 Å². The lowest BCUT2D eigenvalue weighted by Gasteiger charge is -2.37. The van der Waals surface area contributed by atoms with Gasteiger partial charge >= 0.3 is 5.69 Å². The molecule has 1 fully saturated rings. The maximum Gasteiger partial charge on any atom is 0.351 e. The molecule has 2 rings (SSSR count). The van der Waals surface area contributed by atoms with Crippen molar-refractivity contribution in [2.24, 2.45) is 0 Å². The molecule has 3 unspecified atom stereocenters. The lowest BCUT2D eigenvalue weighted by molar-refractivity contribution is -0.0432. The molecule has 2 heterocycles. The number of nitrogens with two attached hydrogens (primary N) is 1. The van der Waals surface area contributed by atoms with Crippen LogP contribution in [0.2, 0.25) is 18.1 Å². The van der Waals surface area contributed by atoms with Gasteiger partial charge in [0.05, 0.1) is 16.3 Å². The van der Waals surface area contributed by atoms with Crippen LogP contribution in [0.4, 0.5) is 5.82 Å². The van der Waals surface area contributed by atoms with Crippen LogP contribution in [0.25, 0.3) is 0 Å². The van der Waals surface area contributed by atoms with Crippen molar-refractivity contribution in [3.8, 4) is 0 Å². The third-order valence-corrected chi connectivity index (χ3v) is 10.2. The Morgan fingerprint density at radius 3 is 2.75 bits per heavy atom. The largest absolute Gasteiger partial charge is 0.414 e. The standard InChI is InChI=1S/C15H26IN3O4Si/c1-15(2,3)24(4,5)22-8-11-10(20)6-12(23-11)19-7-9(16)13(17)18-14(19)21/h7,10-12,20H,6,8H2,1-5H3,(H2,17,18,21). The second-order valence-corrected chi connectivity index (χ2v) is 13.6. The number of hydrogen-bond acceptors (Lipinski definition) is 6. The number of nitrogen functional groups attached to an aromatic ring is 1. The minimum atomic E-state index is -1.92. The van der Waals surface area contributed by atoms with Crippen LogP contribution in [-0.2, 0) is 9.16 Å². The summed E-state index contributed by atoms with van der Waals surface area (Å²) in [5, 5.41) is 10.4. The Balaban J connectivity index is 2.08. The van der Waals surface area contributed by atoms with Crippen molar-refractivity contribution >= 4 is 36.7 Å². The number of nitrogens with zero attached hydrogens (tertiary/aromatic N) is 2. The summed E-state index contributed by atoms with van der Waals surface area (Å²) in [7, 11) is -1.92. The number of halogens is 1. The van der Waals surface area contributed by atoms with Crippen LogP contribution in [0, 0.1) is 3.57 Å². The maximum atomic E-state index is 12.0. The van der Waals surface area contributed by atoms with E-state index in [0.717, 1.165) is 0 Å². The normalized spacial score (nSPS) is 25.2. The van der Waals surface area contributed by atoms with Crippen LogP contribution < -0.4 is 11.4 Å². The van der Waals surface area contributed by atoms with Gasteiger partial charge < -0.3 is 20.0 Å². The summed E-state index contributed by atoms with van der Waals surface area (Å²) in [6.07, 6.45) is 0.252. The molecule has 3 N–H and O–H groups in total. The average molecular weight is 467 g/mol. The number of aliphatic hydroxyl groups excluding tert-OH is 1. The lowest BCUT2D eigenvalue weighted by Crippen LogP contribution is -2.43. The fourth-order valence-electron chi connectivity index (χ4n) is 2.21. The topological polar surface area (TPSA) is 99.6 Å². The molecule has 0 aliphatic carbocycles. The maximum absolute atomic E-state index is 12.0. The second-order valence-electron chi connectivity index (χ2n) is 7.67. The number of anilines is 1. The fourth-order valence-corrected chi connectivity index (χ4v) is 3.64. The Morgan fingerprint density at radius 2 is 2.17 bits per heavy atom. The summed E-state index contributed by atoms with van der Waals surface area (Å²) >= 11 is 2.02. The zero-order valence-corrected chi connectivity index (χ0v) is 17.9. The summed E-state index contributed by atoms with van der Waals surface area (Å²) in [6.45, 7) is 11.1. The van der Waals surface area contributed by atoms with E-state index in [4.69, 9.17) is 14.9 Å². The second kappa shape index (κ2) is 7.02. The molecule has 1 aliphatic heterocycles. The van der Waals surface area contributed by atoms with Crippen molar-refractivity contribution in [1.29, 1.82) is 0 Å². The van der Waals surface area contributed by atoms with Gasteiger partial charge in [-0.3, -0.25) is 4.57 Å². The molecule has 9 heteroatoms. The first-order chi connectivity index (χ1) is 10.9. The average Bonchev–Trinajstić information content (AvgIpc) is 2.80. The molecule has 0 aromatic carbocycles. The lowest BCUT2D eigenvalue weighted by atomic mass is 10.2. The van der Waals surface area contributed by atoms with Gasteiger partial charge in [-0.15, -0.1) is 0 Å². The molecule has 7 nitrogen and oxygen atoms in total. The predicted molar refractivity (Wildman–Crippen MR) is 103 cm³/mol. The van der Waals surface area contributed by atoms with E-state index in [-0.39, 0.29) is 10.9 Å². The highest BCUT2D eigenvalue weighted by molar-refractivity contribution is 14.1. The highest BCUT2D eigenvalue weighted by Crippen LogP contribution is 2.37. The Labute approximate surface area is 156 Å². The van der Waals surface area contributed by atoms with Crippen LogP contribution in [0.3, 0.4) is 0 Å². The molecule has 1 aromatic heterocycles. The minimum absolute atomic E-state index is 0.0872. The quantitative estimate of drug-likeness (QED) is 0.520. The molecular formula is C15H26IN3O4Si. The number of ether oxygens (including phenoxy) is 1. The van der Waals surface area contributed by atoms with Crippen molar-refractivity contribution in [2.75, 3.05) is 12.3 Å². The number of aromatic nitrogens is 2. The zero-order chi connectivity index (χ0) is 18.3. The Morgan fingerprint density at radius 1 is 1.54 bits per heavy atom. The van der Waals surface area contributed by atoms with Crippen LogP contribution in [-0.4, -0.2) is 41.8 Å². The Kier molecular flexibility index (Phi) is 5.80. The smallest absolute Gasteiger partial charge is 0.351 e. The van der Waals surface area contributed by atoms with E-state index in [1.165, 1.54) is 4.57 Å². The molecule has 0 amide bonds. The number of hydrogen-bond donors (Lipinski definition) is 2. The van der Waals surface area contributed by atoms with E-state index in [9.17, 15) is 9.90 Å².